The highest BCUT2D eigenvalue weighted by Gasteiger charge is 2.26. The van der Waals surface area contributed by atoms with Crippen LogP contribution in [0.5, 0.6) is 11.5 Å². The summed E-state index contributed by atoms with van der Waals surface area (Å²) in [5, 5.41) is 3.55. The minimum atomic E-state index is -0.246. The standard InChI is InChI=1S/C18H19ClN2O3/c19-14-1-6-17-12(10-14)9-13(11-24-17)18(22)21-15-2-4-16(5-3-15)23-8-7-20/h1-6,10,13H,7-9,11,20H2,(H,21,22). The molecule has 126 valence electrons. The van der Waals surface area contributed by atoms with E-state index in [1.165, 1.54) is 0 Å². The van der Waals surface area contributed by atoms with E-state index in [1.807, 2.05) is 12.1 Å². The molecule has 1 amide bonds. The third-order valence-electron chi connectivity index (χ3n) is 3.81. The summed E-state index contributed by atoms with van der Waals surface area (Å²) in [6, 6.07) is 12.7. The monoisotopic (exact) mass is 346 g/mol. The van der Waals surface area contributed by atoms with Crippen LogP contribution >= 0.6 is 11.6 Å². The Morgan fingerprint density at radius 2 is 2.08 bits per heavy atom. The number of hydrogen-bond acceptors (Lipinski definition) is 4. The van der Waals surface area contributed by atoms with Gasteiger partial charge in [-0.2, -0.15) is 0 Å². The van der Waals surface area contributed by atoms with Gasteiger partial charge in [-0.3, -0.25) is 4.79 Å². The van der Waals surface area contributed by atoms with Gasteiger partial charge < -0.3 is 20.5 Å². The zero-order valence-corrected chi connectivity index (χ0v) is 13.9. The second kappa shape index (κ2) is 7.55. The lowest BCUT2D eigenvalue weighted by Gasteiger charge is -2.24. The summed E-state index contributed by atoms with van der Waals surface area (Å²) in [6.07, 6.45) is 0.611. The van der Waals surface area contributed by atoms with Gasteiger partial charge in [0.05, 0.1) is 5.92 Å². The second-order valence-electron chi connectivity index (χ2n) is 5.61. The molecule has 1 aliphatic rings. The lowest BCUT2D eigenvalue weighted by atomic mass is 9.96. The van der Waals surface area contributed by atoms with E-state index in [0.717, 1.165) is 22.7 Å². The summed E-state index contributed by atoms with van der Waals surface area (Å²) in [5.41, 5.74) is 7.07. The molecule has 1 aliphatic heterocycles. The number of carbonyl (C=O) groups excluding carboxylic acids is 1. The molecule has 0 aromatic heterocycles. The number of benzene rings is 2. The van der Waals surface area contributed by atoms with Gasteiger partial charge in [-0.25, -0.2) is 0 Å². The van der Waals surface area contributed by atoms with Gasteiger partial charge in [0.1, 0.15) is 24.7 Å². The smallest absolute Gasteiger partial charge is 0.231 e. The lowest BCUT2D eigenvalue weighted by molar-refractivity contribution is -0.121. The Labute approximate surface area is 145 Å². The number of fused-ring (bicyclic) bond motifs is 1. The molecule has 0 aliphatic carbocycles. The molecule has 2 aromatic carbocycles. The molecule has 5 nitrogen and oxygen atoms in total. The van der Waals surface area contributed by atoms with Crippen LogP contribution in [0.25, 0.3) is 0 Å². The molecule has 1 unspecified atom stereocenters. The Bertz CT molecular complexity index is 719. The predicted molar refractivity (Wildman–Crippen MR) is 93.8 cm³/mol. The first-order chi connectivity index (χ1) is 11.7. The van der Waals surface area contributed by atoms with Crippen molar-refractivity contribution in [2.24, 2.45) is 11.7 Å². The van der Waals surface area contributed by atoms with E-state index in [0.29, 0.717) is 31.2 Å². The van der Waals surface area contributed by atoms with Crippen molar-refractivity contribution < 1.29 is 14.3 Å². The van der Waals surface area contributed by atoms with Crippen molar-refractivity contribution >= 4 is 23.2 Å². The van der Waals surface area contributed by atoms with Crippen LogP contribution in [0.4, 0.5) is 5.69 Å². The van der Waals surface area contributed by atoms with Crippen molar-refractivity contribution in [2.45, 2.75) is 6.42 Å². The molecule has 0 saturated carbocycles. The maximum absolute atomic E-state index is 12.4. The molecule has 0 fully saturated rings. The fourth-order valence-electron chi connectivity index (χ4n) is 2.59. The summed E-state index contributed by atoms with van der Waals surface area (Å²) in [6.45, 7) is 1.29. The van der Waals surface area contributed by atoms with Crippen molar-refractivity contribution in [3.05, 3.63) is 53.1 Å². The number of ether oxygens (including phenoxy) is 2. The van der Waals surface area contributed by atoms with E-state index < -0.39 is 0 Å². The van der Waals surface area contributed by atoms with Crippen LogP contribution in [0.3, 0.4) is 0 Å². The highest BCUT2D eigenvalue weighted by atomic mass is 35.5. The molecule has 1 heterocycles. The van der Waals surface area contributed by atoms with E-state index in [-0.39, 0.29) is 11.8 Å². The number of rotatable bonds is 5. The van der Waals surface area contributed by atoms with Crippen LogP contribution in [0.15, 0.2) is 42.5 Å². The zero-order valence-electron chi connectivity index (χ0n) is 13.1. The molecule has 1 atom stereocenters. The second-order valence-corrected chi connectivity index (χ2v) is 6.05. The van der Waals surface area contributed by atoms with E-state index in [9.17, 15) is 4.79 Å². The highest BCUT2D eigenvalue weighted by Crippen LogP contribution is 2.30. The SMILES string of the molecule is NCCOc1ccc(NC(=O)C2COc3ccc(Cl)cc3C2)cc1. The normalized spacial score (nSPS) is 16.0. The molecule has 6 heteroatoms. The minimum absolute atomic E-state index is 0.0729. The largest absolute Gasteiger partial charge is 0.492 e. The molecule has 2 aromatic rings. The van der Waals surface area contributed by atoms with Crippen LogP contribution in [0, 0.1) is 5.92 Å². The van der Waals surface area contributed by atoms with Crippen molar-refractivity contribution in [3.63, 3.8) is 0 Å². The van der Waals surface area contributed by atoms with Gasteiger partial charge in [-0.1, -0.05) is 11.6 Å². The van der Waals surface area contributed by atoms with Crippen LogP contribution in [-0.4, -0.2) is 25.7 Å². The van der Waals surface area contributed by atoms with Gasteiger partial charge in [-0.15, -0.1) is 0 Å². The van der Waals surface area contributed by atoms with Crippen molar-refractivity contribution in [1.82, 2.24) is 0 Å². The van der Waals surface area contributed by atoms with Crippen molar-refractivity contribution in [2.75, 3.05) is 25.1 Å². The Balaban J connectivity index is 1.61. The Hall–Kier alpha value is -2.24. The quantitative estimate of drug-likeness (QED) is 0.873. The summed E-state index contributed by atoms with van der Waals surface area (Å²) in [5.74, 6) is 1.20. The Morgan fingerprint density at radius 1 is 1.29 bits per heavy atom. The molecule has 0 bridgehead atoms. The van der Waals surface area contributed by atoms with Gasteiger partial charge in [0.2, 0.25) is 5.91 Å². The molecule has 24 heavy (non-hydrogen) atoms. The van der Waals surface area contributed by atoms with Crippen molar-refractivity contribution in [1.29, 1.82) is 0 Å². The van der Waals surface area contributed by atoms with Crippen LogP contribution in [0.1, 0.15) is 5.56 Å². The first-order valence-corrected chi connectivity index (χ1v) is 8.18. The van der Waals surface area contributed by atoms with Gasteiger partial charge in [0.25, 0.3) is 0 Å². The van der Waals surface area contributed by atoms with Crippen LogP contribution < -0.4 is 20.5 Å². The predicted octanol–water partition coefficient (Wildman–Crippen LogP) is 2.87. The van der Waals surface area contributed by atoms with Gasteiger partial charge in [0, 0.05) is 17.3 Å². The van der Waals surface area contributed by atoms with E-state index in [4.69, 9.17) is 26.8 Å². The molecular weight excluding hydrogens is 328 g/mol. The fraction of sp³-hybridized carbons (Fsp3) is 0.278. The average Bonchev–Trinajstić information content (AvgIpc) is 2.60. The fourth-order valence-corrected chi connectivity index (χ4v) is 2.78. The highest BCUT2D eigenvalue weighted by molar-refractivity contribution is 6.30. The first kappa shape index (κ1) is 16.6. The maximum Gasteiger partial charge on any atom is 0.231 e. The third-order valence-corrected chi connectivity index (χ3v) is 4.04. The van der Waals surface area contributed by atoms with E-state index >= 15 is 0 Å². The Kier molecular flexibility index (Phi) is 5.23. The van der Waals surface area contributed by atoms with Crippen molar-refractivity contribution in [3.8, 4) is 11.5 Å². The third kappa shape index (κ3) is 3.99. The molecule has 3 rings (SSSR count). The topological polar surface area (TPSA) is 73.6 Å². The zero-order chi connectivity index (χ0) is 16.9. The summed E-state index contributed by atoms with van der Waals surface area (Å²) >= 11 is 6.01. The van der Waals surface area contributed by atoms with Crippen LogP contribution in [0.2, 0.25) is 5.02 Å². The number of carbonyl (C=O) groups is 1. The summed E-state index contributed by atoms with van der Waals surface area (Å²) in [7, 11) is 0. The number of hydrogen-bond donors (Lipinski definition) is 2. The average molecular weight is 347 g/mol. The number of nitrogens with two attached hydrogens (primary N) is 1. The molecule has 0 spiro atoms. The van der Waals surface area contributed by atoms with Gasteiger partial charge >= 0.3 is 0 Å². The molecule has 3 N–H and O–H groups in total. The van der Waals surface area contributed by atoms with E-state index in [1.54, 1.807) is 30.3 Å². The summed E-state index contributed by atoms with van der Waals surface area (Å²) in [4.78, 5) is 12.4. The molecule has 0 radical (unpaired) electrons. The number of halogens is 1. The van der Waals surface area contributed by atoms with E-state index in [2.05, 4.69) is 5.32 Å². The number of amides is 1. The summed E-state index contributed by atoms with van der Waals surface area (Å²) < 4.78 is 11.1. The maximum atomic E-state index is 12.4. The molecule has 0 saturated heterocycles. The number of anilines is 1. The van der Waals surface area contributed by atoms with Gasteiger partial charge in [-0.05, 0) is 54.4 Å². The van der Waals surface area contributed by atoms with Gasteiger partial charge in [0.15, 0.2) is 0 Å². The first-order valence-electron chi connectivity index (χ1n) is 7.81. The minimum Gasteiger partial charge on any atom is -0.492 e. The lowest BCUT2D eigenvalue weighted by Crippen LogP contribution is -2.32. The molecular formula is C18H19ClN2O3. The van der Waals surface area contributed by atoms with Crippen LogP contribution in [-0.2, 0) is 11.2 Å². The number of nitrogens with one attached hydrogen (secondary N) is 1. The Morgan fingerprint density at radius 3 is 2.83 bits per heavy atom.